The smallest absolute Gasteiger partial charge is 0.332 e. The molecule has 0 radical (unpaired) electrons. The maximum absolute atomic E-state index is 12.7. The van der Waals surface area contributed by atoms with Crippen LogP contribution in [0.5, 0.6) is 0 Å². The maximum atomic E-state index is 12.7. The molecule has 6 heteroatoms. The van der Waals surface area contributed by atoms with Gasteiger partial charge in [-0.2, -0.15) is 0 Å². The van der Waals surface area contributed by atoms with Crippen LogP contribution in [-0.2, 0) is 22.1 Å². The zero-order chi connectivity index (χ0) is 23.2. The Kier molecular flexibility index (Phi) is 5.17. The van der Waals surface area contributed by atoms with Crippen molar-refractivity contribution in [1.82, 2.24) is 4.57 Å². The van der Waals surface area contributed by atoms with Crippen LogP contribution in [0.2, 0.25) is 0 Å². The number of fused-ring (bicyclic) bond motifs is 1. The SMILES string of the molecule is Cc1c(C2(c3ccc(N(C)C)cc3)C=CC=C(C(=O)O)C2C(=O)O)c2ccccc2n1C. The van der Waals surface area contributed by atoms with E-state index < -0.39 is 23.3 Å². The second kappa shape index (κ2) is 7.71. The monoisotopic (exact) mass is 430 g/mol. The molecule has 4 rings (SSSR count). The summed E-state index contributed by atoms with van der Waals surface area (Å²) in [6.45, 7) is 1.96. The van der Waals surface area contributed by atoms with Crippen molar-refractivity contribution in [1.29, 1.82) is 0 Å². The second-order valence-electron chi connectivity index (χ2n) is 8.40. The number of para-hydroxylation sites is 1. The molecule has 32 heavy (non-hydrogen) atoms. The number of carboxylic acids is 2. The Morgan fingerprint density at radius 3 is 2.28 bits per heavy atom. The highest BCUT2D eigenvalue weighted by Gasteiger charge is 2.51. The molecule has 0 aliphatic heterocycles. The van der Waals surface area contributed by atoms with Gasteiger partial charge in [-0.1, -0.05) is 48.6 Å². The fourth-order valence-electron chi connectivity index (χ4n) is 4.98. The molecule has 0 fully saturated rings. The van der Waals surface area contributed by atoms with Crippen molar-refractivity contribution in [2.24, 2.45) is 13.0 Å². The first-order chi connectivity index (χ1) is 15.2. The number of benzene rings is 2. The van der Waals surface area contributed by atoms with Crippen LogP contribution in [-0.4, -0.2) is 40.8 Å². The largest absolute Gasteiger partial charge is 0.481 e. The summed E-state index contributed by atoms with van der Waals surface area (Å²) in [5, 5.41) is 21.2. The Hall–Kier alpha value is -3.80. The van der Waals surface area contributed by atoms with E-state index in [2.05, 4.69) is 0 Å². The average molecular weight is 431 g/mol. The van der Waals surface area contributed by atoms with Crippen LogP contribution >= 0.6 is 0 Å². The number of aliphatic carboxylic acids is 2. The molecule has 2 unspecified atom stereocenters. The first kappa shape index (κ1) is 21.4. The zero-order valence-corrected chi connectivity index (χ0v) is 18.5. The van der Waals surface area contributed by atoms with E-state index in [-0.39, 0.29) is 5.57 Å². The minimum Gasteiger partial charge on any atom is -0.481 e. The molecule has 1 heterocycles. The summed E-state index contributed by atoms with van der Waals surface area (Å²) in [6, 6.07) is 15.5. The van der Waals surface area contributed by atoms with Crippen LogP contribution in [0, 0.1) is 12.8 Å². The molecule has 1 aliphatic rings. The van der Waals surface area contributed by atoms with Gasteiger partial charge in [0.15, 0.2) is 0 Å². The number of carbonyl (C=O) groups is 2. The first-order valence-electron chi connectivity index (χ1n) is 10.4. The lowest BCUT2D eigenvalue weighted by Crippen LogP contribution is -2.44. The Morgan fingerprint density at radius 2 is 1.69 bits per heavy atom. The van der Waals surface area contributed by atoms with E-state index in [1.54, 1.807) is 6.08 Å². The minimum absolute atomic E-state index is 0.135. The van der Waals surface area contributed by atoms with Crippen molar-refractivity contribution in [2.45, 2.75) is 12.3 Å². The summed E-state index contributed by atoms with van der Waals surface area (Å²) < 4.78 is 2.03. The predicted molar refractivity (Wildman–Crippen MR) is 125 cm³/mol. The number of nitrogens with zero attached hydrogens (tertiary/aromatic N) is 2. The van der Waals surface area contributed by atoms with Gasteiger partial charge in [-0.15, -0.1) is 0 Å². The molecular formula is C26H26N2O4. The minimum atomic E-state index is -1.29. The van der Waals surface area contributed by atoms with Crippen LogP contribution < -0.4 is 4.90 Å². The van der Waals surface area contributed by atoms with Gasteiger partial charge in [0.25, 0.3) is 0 Å². The molecule has 0 saturated heterocycles. The molecule has 1 aliphatic carbocycles. The van der Waals surface area contributed by atoms with Gasteiger partial charge in [0.1, 0.15) is 5.92 Å². The zero-order valence-electron chi connectivity index (χ0n) is 18.5. The van der Waals surface area contributed by atoms with E-state index in [4.69, 9.17) is 0 Å². The van der Waals surface area contributed by atoms with Gasteiger partial charge in [-0.05, 0) is 36.2 Å². The molecule has 0 spiro atoms. The standard InChI is InChI=1S/C26H26N2O4/c1-16-22(19-8-5-6-10-21(19)28(16)4)26(17-11-13-18(14-12-17)27(2)3)15-7-9-20(24(29)30)23(26)25(31)32/h5-15,23H,1-4H3,(H,29,30)(H,31,32). The van der Waals surface area contributed by atoms with E-state index in [0.29, 0.717) is 0 Å². The molecule has 2 atom stereocenters. The number of anilines is 1. The van der Waals surface area contributed by atoms with Crippen molar-refractivity contribution >= 4 is 28.5 Å². The Bertz CT molecular complexity index is 1280. The summed E-state index contributed by atoms with van der Waals surface area (Å²) in [5.41, 5.74) is 3.05. The number of hydrogen-bond acceptors (Lipinski definition) is 3. The van der Waals surface area contributed by atoms with Crippen molar-refractivity contribution in [3.8, 4) is 0 Å². The predicted octanol–water partition coefficient (Wildman–Crippen LogP) is 4.12. The molecule has 0 bridgehead atoms. The van der Waals surface area contributed by atoms with Gasteiger partial charge < -0.3 is 19.7 Å². The number of aromatic nitrogens is 1. The Morgan fingerprint density at radius 1 is 1.03 bits per heavy atom. The first-order valence-corrected chi connectivity index (χ1v) is 10.4. The molecule has 6 nitrogen and oxygen atoms in total. The van der Waals surface area contributed by atoms with Gasteiger partial charge in [0.2, 0.25) is 0 Å². The van der Waals surface area contributed by atoms with Crippen LogP contribution in [0.3, 0.4) is 0 Å². The third-order valence-corrected chi connectivity index (χ3v) is 6.57. The summed E-state index contributed by atoms with van der Waals surface area (Å²) in [5.74, 6) is -3.69. The van der Waals surface area contributed by atoms with Gasteiger partial charge >= 0.3 is 11.9 Å². The van der Waals surface area contributed by atoms with Gasteiger partial charge in [-0.25, -0.2) is 4.79 Å². The van der Waals surface area contributed by atoms with Crippen LogP contribution in [0.1, 0.15) is 16.8 Å². The lowest BCUT2D eigenvalue weighted by atomic mass is 9.60. The van der Waals surface area contributed by atoms with Crippen molar-refractivity contribution in [2.75, 3.05) is 19.0 Å². The molecule has 164 valence electrons. The van der Waals surface area contributed by atoms with Crippen LogP contribution in [0.15, 0.2) is 72.3 Å². The van der Waals surface area contributed by atoms with Crippen molar-refractivity contribution in [3.05, 3.63) is 89.2 Å². The normalized spacial score (nSPS) is 20.2. The summed E-state index contributed by atoms with van der Waals surface area (Å²) in [4.78, 5) is 26.8. The van der Waals surface area contributed by atoms with Gasteiger partial charge in [0.05, 0.1) is 11.0 Å². The van der Waals surface area contributed by atoms with Gasteiger partial charge in [-0.3, -0.25) is 4.79 Å². The molecule has 2 N–H and O–H groups in total. The van der Waals surface area contributed by atoms with Gasteiger partial charge in [0, 0.05) is 43.4 Å². The van der Waals surface area contributed by atoms with E-state index in [9.17, 15) is 19.8 Å². The number of aryl methyl sites for hydroxylation is 1. The van der Waals surface area contributed by atoms with E-state index in [1.807, 2.05) is 92.1 Å². The van der Waals surface area contributed by atoms with Crippen LogP contribution in [0.4, 0.5) is 5.69 Å². The fourth-order valence-corrected chi connectivity index (χ4v) is 4.98. The highest BCUT2D eigenvalue weighted by atomic mass is 16.4. The summed E-state index contributed by atoms with van der Waals surface area (Å²) in [6.07, 6.45) is 4.91. The summed E-state index contributed by atoms with van der Waals surface area (Å²) >= 11 is 0. The molecular weight excluding hydrogens is 404 g/mol. The van der Waals surface area contributed by atoms with Crippen LogP contribution in [0.25, 0.3) is 10.9 Å². The molecule has 0 saturated carbocycles. The maximum Gasteiger partial charge on any atom is 0.332 e. The van der Waals surface area contributed by atoms with E-state index in [0.717, 1.165) is 33.4 Å². The number of rotatable bonds is 5. The average Bonchev–Trinajstić information content (AvgIpc) is 3.03. The number of hydrogen-bond donors (Lipinski definition) is 2. The number of allylic oxidation sites excluding steroid dienone is 3. The summed E-state index contributed by atoms with van der Waals surface area (Å²) in [7, 11) is 5.82. The highest BCUT2D eigenvalue weighted by molar-refractivity contribution is 5.98. The highest BCUT2D eigenvalue weighted by Crippen LogP contribution is 2.50. The third-order valence-electron chi connectivity index (χ3n) is 6.57. The third kappa shape index (κ3) is 3.02. The quantitative estimate of drug-likeness (QED) is 0.636. The molecule has 2 aromatic carbocycles. The van der Waals surface area contributed by atoms with E-state index in [1.165, 1.54) is 6.08 Å². The molecule has 1 aromatic heterocycles. The van der Waals surface area contributed by atoms with E-state index >= 15 is 0 Å². The Labute approximate surface area is 186 Å². The Balaban J connectivity index is 2.13. The lowest BCUT2D eigenvalue weighted by Gasteiger charge is -2.40. The van der Waals surface area contributed by atoms with Crippen molar-refractivity contribution in [3.63, 3.8) is 0 Å². The van der Waals surface area contributed by atoms with Crippen molar-refractivity contribution < 1.29 is 19.8 Å². The second-order valence-corrected chi connectivity index (χ2v) is 8.40. The topological polar surface area (TPSA) is 82.8 Å². The molecule has 0 amide bonds. The lowest BCUT2D eigenvalue weighted by molar-refractivity contribution is -0.145. The number of carboxylic acid groups (broad SMARTS) is 2. The fraction of sp³-hybridized carbons (Fsp3) is 0.231. The molecule has 3 aromatic rings.